The van der Waals surface area contributed by atoms with Crippen molar-refractivity contribution in [3.05, 3.63) is 83.9 Å². The number of amides is 2. The molecule has 182 valence electrons. The minimum Gasteiger partial charge on any atom is -0.494 e. The lowest BCUT2D eigenvalue weighted by Crippen LogP contribution is -2.21. The monoisotopic (exact) mass is 494 g/mol. The summed E-state index contributed by atoms with van der Waals surface area (Å²) >= 11 is 0. The van der Waals surface area contributed by atoms with Crippen LogP contribution < -0.4 is 15.4 Å². The average molecular weight is 495 g/mol. The quantitative estimate of drug-likeness (QED) is 0.408. The maximum atomic E-state index is 12.5. The predicted molar refractivity (Wildman–Crippen MR) is 134 cm³/mol. The van der Waals surface area contributed by atoms with E-state index in [4.69, 9.17) is 9.47 Å². The molecule has 0 fully saturated rings. The largest absolute Gasteiger partial charge is 0.494 e. The molecule has 3 rings (SSSR count). The number of benzene rings is 3. The lowest BCUT2D eigenvalue weighted by molar-refractivity contribution is -0.119. The molecule has 0 heterocycles. The zero-order valence-electron chi connectivity index (χ0n) is 19.4. The molecule has 3 aromatic carbocycles. The maximum absolute atomic E-state index is 12.5. The van der Waals surface area contributed by atoms with Gasteiger partial charge in [0.25, 0.3) is 11.8 Å². The molecule has 0 saturated heterocycles. The fourth-order valence-corrected chi connectivity index (χ4v) is 4.04. The lowest BCUT2D eigenvalue weighted by Gasteiger charge is -2.10. The van der Waals surface area contributed by atoms with Gasteiger partial charge in [0.05, 0.1) is 27.9 Å². The van der Waals surface area contributed by atoms with E-state index in [0.717, 1.165) is 5.75 Å². The van der Waals surface area contributed by atoms with Gasteiger partial charge in [0.1, 0.15) is 5.75 Å². The molecule has 0 aliphatic carbocycles. The van der Waals surface area contributed by atoms with Crippen LogP contribution in [0.25, 0.3) is 0 Å². The number of hydrogen-bond donors (Lipinski definition) is 2. The summed E-state index contributed by atoms with van der Waals surface area (Å²) in [4.78, 5) is 37.4. The van der Waals surface area contributed by atoms with Gasteiger partial charge in [0, 0.05) is 22.7 Å². The standard InChI is InChI=1S/C26H26N2O6S/c1-3-33-21-15-13-20(14-16-21)28-25(30)18-9-11-19(12-10-18)27-24(29)17-34-26(31)22-7-5-6-8-23(22)35(32)4-2/h5-16H,3-4,17H2,1-2H3,(H,27,29)(H,28,30). The number of anilines is 2. The first kappa shape index (κ1) is 25.6. The Bertz CT molecular complexity index is 1210. The highest BCUT2D eigenvalue weighted by Gasteiger charge is 2.17. The first-order valence-electron chi connectivity index (χ1n) is 11.0. The van der Waals surface area contributed by atoms with Gasteiger partial charge < -0.3 is 20.1 Å². The molecular formula is C26H26N2O6S. The van der Waals surface area contributed by atoms with Gasteiger partial charge in [0.2, 0.25) is 0 Å². The van der Waals surface area contributed by atoms with E-state index in [2.05, 4.69) is 10.6 Å². The van der Waals surface area contributed by atoms with E-state index in [1.54, 1.807) is 73.7 Å². The predicted octanol–water partition coefficient (Wildman–Crippen LogP) is 4.26. The van der Waals surface area contributed by atoms with E-state index in [1.807, 2.05) is 6.92 Å². The second-order valence-electron chi connectivity index (χ2n) is 7.24. The highest BCUT2D eigenvalue weighted by molar-refractivity contribution is 7.85. The van der Waals surface area contributed by atoms with E-state index >= 15 is 0 Å². The van der Waals surface area contributed by atoms with E-state index in [1.165, 1.54) is 6.07 Å². The molecule has 1 atom stereocenters. The summed E-state index contributed by atoms with van der Waals surface area (Å²) in [5, 5.41) is 5.40. The zero-order valence-corrected chi connectivity index (χ0v) is 20.2. The fraction of sp³-hybridized carbons (Fsp3) is 0.192. The maximum Gasteiger partial charge on any atom is 0.339 e. The number of carbonyl (C=O) groups is 3. The minimum absolute atomic E-state index is 0.170. The normalized spacial score (nSPS) is 11.3. The Hall–Kier alpha value is -3.98. The van der Waals surface area contributed by atoms with Gasteiger partial charge in [-0.15, -0.1) is 0 Å². The summed E-state index contributed by atoms with van der Waals surface area (Å²) in [7, 11) is -1.33. The van der Waals surface area contributed by atoms with Crippen LogP contribution in [0.15, 0.2) is 77.7 Å². The minimum atomic E-state index is -1.33. The van der Waals surface area contributed by atoms with Crippen LogP contribution in [0.3, 0.4) is 0 Å². The van der Waals surface area contributed by atoms with Crippen LogP contribution in [-0.2, 0) is 20.3 Å². The highest BCUT2D eigenvalue weighted by atomic mass is 32.2. The Kier molecular flexibility index (Phi) is 9.14. The third-order valence-corrected chi connectivity index (χ3v) is 6.17. The van der Waals surface area contributed by atoms with Crippen LogP contribution in [-0.4, -0.2) is 41.0 Å². The van der Waals surface area contributed by atoms with Crippen LogP contribution in [0.1, 0.15) is 34.6 Å². The van der Waals surface area contributed by atoms with Gasteiger partial charge in [-0.1, -0.05) is 19.1 Å². The Balaban J connectivity index is 1.52. The van der Waals surface area contributed by atoms with Gasteiger partial charge in [0.15, 0.2) is 6.61 Å². The first-order chi connectivity index (χ1) is 16.9. The lowest BCUT2D eigenvalue weighted by atomic mass is 10.2. The van der Waals surface area contributed by atoms with E-state index in [-0.39, 0.29) is 11.5 Å². The third-order valence-electron chi connectivity index (χ3n) is 4.80. The summed E-state index contributed by atoms with van der Waals surface area (Å²) in [6.45, 7) is 3.70. The SMILES string of the molecule is CCOc1ccc(NC(=O)c2ccc(NC(=O)COC(=O)c3ccccc3S(=O)CC)cc2)cc1. The number of rotatable bonds is 10. The summed E-state index contributed by atoms with van der Waals surface area (Å²) in [6.07, 6.45) is 0. The summed E-state index contributed by atoms with van der Waals surface area (Å²) in [6, 6.07) is 19.8. The summed E-state index contributed by atoms with van der Waals surface area (Å²) < 4.78 is 22.6. The van der Waals surface area contributed by atoms with Crippen molar-refractivity contribution >= 4 is 40.0 Å². The molecule has 0 aromatic heterocycles. The van der Waals surface area contributed by atoms with Gasteiger partial charge in [-0.05, 0) is 67.6 Å². The number of carbonyl (C=O) groups excluding carboxylic acids is 3. The molecular weight excluding hydrogens is 468 g/mol. The Morgan fingerprint density at radius 1 is 0.829 bits per heavy atom. The van der Waals surface area contributed by atoms with Crippen molar-refractivity contribution in [1.82, 2.24) is 0 Å². The molecule has 35 heavy (non-hydrogen) atoms. The number of esters is 1. The summed E-state index contributed by atoms with van der Waals surface area (Å²) in [5.74, 6) is -0.489. The van der Waals surface area contributed by atoms with Gasteiger partial charge in [-0.25, -0.2) is 4.79 Å². The molecule has 0 bridgehead atoms. The van der Waals surface area contributed by atoms with Crippen LogP contribution in [0.2, 0.25) is 0 Å². The van der Waals surface area contributed by atoms with Gasteiger partial charge in [-0.3, -0.25) is 13.8 Å². The molecule has 0 saturated carbocycles. The van der Waals surface area contributed by atoms with E-state index in [9.17, 15) is 18.6 Å². The Morgan fingerprint density at radius 2 is 1.46 bits per heavy atom. The summed E-state index contributed by atoms with van der Waals surface area (Å²) in [5.41, 5.74) is 1.64. The molecule has 9 heteroatoms. The van der Waals surface area contributed by atoms with Gasteiger partial charge in [-0.2, -0.15) is 0 Å². The van der Waals surface area contributed by atoms with Crippen LogP contribution in [0.4, 0.5) is 11.4 Å². The van der Waals surface area contributed by atoms with Crippen LogP contribution in [0, 0.1) is 0 Å². The Labute approximate surface area is 206 Å². The smallest absolute Gasteiger partial charge is 0.339 e. The van der Waals surface area contributed by atoms with Crippen molar-refractivity contribution in [1.29, 1.82) is 0 Å². The van der Waals surface area contributed by atoms with Crippen molar-refractivity contribution in [3.63, 3.8) is 0 Å². The second-order valence-corrected chi connectivity index (χ2v) is 8.95. The number of hydrogen-bond acceptors (Lipinski definition) is 6. The molecule has 0 spiro atoms. The Morgan fingerprint density at radius 3 is 2.11 bits per heavy atom. The molecule has 8 nitrogen and oxygen atoms in total. The van der Waals surface area contributed by atoms with E-state index in [0.29, 0.717) is 34.2 Å². The number of ether oxygens (including phenoxy) is 2. The molecule has 0 aliphatic rings. The number of nitrogens with one attached hydrogen (secondary N) is 2. The van der Waals surface area contributed by atoms with Crippen molar-refractivity contribution in [2.24, 2.45) is 0 Å². The van der Waals surface area contributed by atoms with Gasteiger partial charge >= 0.3 is 5.97 Å². The average Bonchev–Trinajstić information content (AvgIpc) is 2.88. The first-order valence-corrected chi connectivity index (χ1v) is 12.3. The molecule has 0 radical (unpaired) electrons. The van der Waals surface area contributed by atoms with Crippen molar-refractivity contribution < 1.29 is 28.1 Å². The second kappa shape index (κ2) is 12.5. The fourth-order valence-electron chi connectivity index (χ4n) is 3.10. The van der Waals surface area contributed by atoms with Crippen molar-refractivity contribution in [3.8, 4) is 5.75 Å². The third kappa shape index (κ3) is 7.25. The highest BCUT2D eigenvalue weighted by Crippen LogP contribution is 2.18. The van der Waals surface area contributed by atoms with Crippen LogP contribution in [0.5, 0.6) is 5.75 Å². The van der Waals surface area contributed by atoms with Crippen molar-refractivity contribution in [2.75, 3.05) is 29.6 Å². The van der Waals surface area contributed by atoms with E-state index < -0.39 is 29.3 Å². The molecule has 2 amide bonds. The van der Waals surface area contributed by atoms with Crippen molar-refractivity contribution in [2.45, 2.75) is 18.7 Å². The molecule has 2 N–H and O–H groups in total. The topological polar surface area (TPSA) is 111 Å². The molecule has 0 aliphatic heterocycles. The molecule has 1 unspecified atom stereocenters. The zero-order chi connectivity index (χ0) is 25.2. The molecule has 3 aromatic rings. The van der Waals surface area contributed by atoms with Crippen LogP contribution >= 0.6 is 0 Å².